The molecular formula is C9H19NO2. The van der Waals surface area contributed by atoms with Crippen LogP contribution in [0.25, 0.3) is 0 Å². The molecular weight excluding hydrogens is 154 g/mol. The predicted molar refractivity (Wildman–Crippen MR) is 47.9 cm³/mol. The highest BCUT2D eigenvalue weighted by molar-refractivity contribution is 4.76. The smallest absolute Gasteiger partial charge is 0.0639 e. The van der Waals surface area contributed by atoms with Gasteiger partial charge in [0.25, 0.3) is 0 Å². The Morgan fingerprint density at radius 1 is 1.58 bits per heavy atom. The van der Waals surface area contributed by atoms with Crippen LogP contribution in [0.2, 0.25) is 0 Å². The van der Waals surface area contributed by atoms with Crippen LogP contribution in [-0.2, 0) is 0 Å². The average Bonchev–Trinajstić information content (AvgIpc) is 2.36. The Morgan fingerprint density at radius 3 is 2.92 bits per heavy atom. The lowest BCUT2D eigenvalue weighted by molar-refractivity contribution is 0.137. The van der Waals surface area contributed by atoms with Gasteiger partial charge in [-0.05, 0) is 32.2 Å². The van der Waals surface area contributed by atoms with Crippen molar-refractivity contribution in [1.82, 2.24) is 4.90 Å². The largest absolute Gasteiger partial charge is 0.396 e. The van der Waals surface area contributed by atoms with Crippen LogP contribution in [-0.4, -0.2) is 47.5 Å². The molecule has 0 radical (unpaired) electrons. The third-order valence-electron chi connectivity index (χ3n) is 2.43. The third-order valence-corrected chi connectivity index (χ3v) is 2.43. The molecule has 1 aliphatic heterocycles. The van der Waals surface area contributed by atoms with Gasteiger partial charge in [0.2, 0.25) is 0 Å². The highest BCUT2D eigenvalue weighted by Crippen LogP contribution is 2.18. The summed E-state index contributed by atoms with van der Waals surface area (Å²) >= 11 is 0. The van der Waals surface area contributed by atoms with Gasteiger partial charge in [0.1, 0.15) is 0 Å². The first-order valence-electron chi connectivity index (χ1n) is 4.73. The van der Waals surface area contributed by atoms with E-state index in [9.17, 15) is 0 Å². The number of nitrogens with zero attached hydrogens (tertiary/aromatic N) is 1. The van der Waals surface area contributed by atoms with Crippen molar-refractivity contribution < 1.29 is 10.2 Å². The van der Waals surface area contributed by atoms with Crippen molar-refractivity contribution in [2.45, 2.75) is 25.9 Å². The minimum absolute atomic E-state index is 0.224. The number of aliphatic hydroxyl groups is 2. The number of hydrogen-bond donors (Lipinski definition) is 2. The standard InChI is InChI=1S/C9H19NO2/c1-8(12)6-10-4-2-9(7-10)3-5-11/h8-9,11-12H,2-7H2,1H3/t8-,9?/m1/s1. The number of likely N-dealkylation sites (tertiary alicyclic amines) is 1. The van der Waals surface area contributed by atoms with E-state index in [1.807, 2.05) is 6.92 Å². The molecule has 3 nitrogen and oxygen atoms in total. The lowest BCUT2D eigenvalue weighted by atomic mass is 10.1. The Morgan fingerprint density at radius 2 is 2.33 bits per heavy atom. The number of β-amino-alcohol motifs (C(OH)–C–C–N with tert-alkyl or cyclic N) is 1. The van der Waals surface area contributed by atoms with Crippen molar-refractivity contribution in [3.8, 4) is 0 Å². The van der Waals surface area contributed by atoms with Crippen LogP contribution >= 0.6 is 0 Å². The minimum Gasteiger partial charge on any atom is -0.396 e. The van der Waals surface area contributed by atoms with Gasteiger partial charge in [0.05, 0.1) is 6.10 Å². The molecule has 12 heavy (non-hydrogen) atoms. The number of hydrogen-bond acceptors (Lipinski definition) is 3. The highest BCUT2D eigenvalue weighted by atomic mass is 16.3. The van der Waals surface area contributed by atoms with Crippen molar-refractivity contribution >= 4 is 0 Å². The summed E-state index contributed by atoms with van der Waals surface area (Å²) < 4.78 is 0. The van der Waals surface area contributed by atoms with Gasteiger partial charge in [0, 0.05) is 19.7 Å². The van der Waals surface area contributed by atoms with Crippen LogP contribution < -0.4 is 0 Å². The normalized spacial score (nSPS) is 27.8. The summed E-state index contributed by atoms with van der Waals surface area (Å²) in [5, 5.41) is 17.9. The van der Waals surface area contributed by atoms with Crippen molar-refractivity contribution in [2.24, 2.45) is 5.92 Å². The first-order valence-corrected chi connectivity index (χ1v) is 4.73. The number of rotatable bonds is 4. The zero-order chi connectivity index (χ0) is 8.97. The van der Waals surface area contributed by atoms with E-state index in [0.717, 1.165) is 26.1 Å². The molecule has 72 valence electrons. The lowest BCUT2D eigenvalue weighted by Crippen LogP contribution is -2.29. The molecule has 2 atom stereocenters. The Kier molecular flexibility index (Phi) is 3.98. The molecule has 0 amide bonds. The molecule has 0 saturated carbocycles. The van der Waals surface area contributed by atoms with Crippen LogP contribution in [0.15, 0.2) is 0 Å². The maximum absolute atomic E-state index is 9.14. The summed E-state index contributed by atoms with van der Waals surface area (Å²) in [4.78, 5) is 2.27. The molecule has 0 bridgehead atoms. The first kappa shape index (κ1) is 9.96. The van der Waals surface area contributed by atoms with Crippen molar-refractivity contribution in [3.05, 3.63) is 0 Å². The van der Waals surface area contributed by atoms with E-state index in [1.54, 1.807) is 0 Å². The summed E-state index contributed by atoms with van der Waals surface area (Å²) in [7, 11) is 0. The average molecular weight is 173 g/mol. The zero-order valence-electron chi connectivity index (χ0n) is 7.74. The molecule has 1 saturated heterocycles. The van der Waals surface area contributed by atoms with E-state index in [0.29, 0.717) is 12.5 Å². The van der Waals surface area contributed by atoms with E-state index < -0.39 is 0 Å². The van der Waals surface area contributed by atoms with E-state index in [4.69, 9.17) is 10.2 Å². The van der Waals surface area contributed by atoms with Gasteiger partial charge in [0.15, 0.2) is 0 Å². The fourth-order valence-electron chi connectivity index (χ4n) is 1.87. The van der Waals surface area contributed by atoms with E-state index in [1.165, 1.54) is 6.42 Å². The van der Waals surface area contributed by atoms with Gasteiger partial charge in [-0.15, -0.1) is 0 Å². The third kappa shape index (κ3) is 3.09. The Hall–Kier alpha value is -0.120. The molecule has 1 unspecified atom stereocenters. The molecule has 0 spiro atoms. The second kappa shape index (κ2) is 4.80. The summed E-state index contributed by atoms with van der Waals surface area (Å²) in [6.45, 7) is 5.02. The molecule has 2 N–H and O–H groups in total. The maximum atomic E-state index is 9.14. The highest BCUT2D eigenvalue weighted by Gasteiger charge is 2.22. The molecule has 0 aliphatic carbocycles. The first-order chi connectivity index (χ1) is 5.72. The molecule has 1 fully saturated rings. The van der Waals surface area contributed by atoms with Gasteiger partial charge in [-0.1, -0.05) is 0 Å². The number of aliphatic hydroxyl groups excluding tert-OH is 2. The van der Waals surface area contributed by atoms with E-state index in [2.05, 4.69) is 4.90 Å². The van der Waals surface area contributed by atoms with Crippen LogP contribution in [0.5, 0.6) is 0 Å². The van der Waals surface area contributed by atoms with E-state index in [-0.39, 0.29) is 6.10 Å². The topological polar surface area (TPSA) is 43.7 Å². The molecule has 1 heterocycles. The summed E-state index contributed by atoms with van der Waals surface area (Å²) in [6, 6.07) is 0. The fourth-order valence-corrected chi connectivity index (χ4v) is 1.87. The van der Waals surface area contributed by atoms with E-state index >= 15 is 0 Å². The molecule has 0 aromatic heterocycles. The van der Waals surface area contributed by atoms with Crippen molar-refractivity contribution in [2.75, 3.05) is 26.2 Å². The summed E-state index contributed by atoms with van der Waals surface area (Å²) in [5.74, 6) is 0.647. The van der Waals surface area contributed by atoms with Gasteiger partial charge in [-0.3, -0.25) is 0 Å². The van der Waals surface area contributed by atoms with Crippen LogP contribution in [0.1, 0.15) is 19.8 Å². The Labute approximate surface area is 74.0 Å². The molecule has 1 rings (SSSR count). The second-order valence-electron chi connectivity index (χ2n) is 3.78. The maximum Gasteiger partial charge on any atom is 0.0639 e. The lowest BCUT2D eigenvalue weighted by Gasteiger charge is -2.17. The quantitative estimate of drug-likeness (QED) is 0.632. The van der Waals surface area contributed by atoms with Gasteiger partial charge >= 0.3 is 0 Å². The summed E-state index contributed by atoms with van der Waals surface area (Å²) in [5.41, 5.74) is 0. The van der Waals surface area contributed by atoms with Gasteiger partial charge < -0.3 is 15.1 Å². The van der Waals surface area contributed by atoms with Crippen LogP contribution in [0.4, 0.5) is 0 Å². The van der Waals surface area contributed by atoms with Crippen molar-refractivity contribution in [1.29, 1.82) is 0 Å². The Bertz CT molecular complexity index is 128. The molecule has 1 aliphatic rings. The zero-order valence-corrected chi connectivity index (χ0v) is 7.74. The molecule has 3 heteroatoms. The molecule has 0 aromatic carbocycles. The Balaban J connectivity index is 2.16. The molecule has 0 aromatic rings. The van der Waals surface area contributed by atoms with Crippen LogP contribution in [0.3, 0.4) is 0 Å². The fraction of sp³-hybridized carbons (Fsp3) is 1.00. The second-order valence-corrected chi connectivity index (χ2v) is 3.78. The van der Waals surface area contributed by atoms with Crippen molar-refractivity contribution in [3.63, 3.8) is 0 Å². The summed E-state index contributed by atoms with van der Waals surface area (Å²) in [6.07, 6.45) is 1.86. The van der Waals surface area contributed by atoms with Gasteiger partial charge in [-0.2, -0.15) is 0 Å². The minimum atomic E-state index is -0.224. The van der Waals surface area contributed by atoms with Crippen LogP contribution in [0, 0.1) is 5.92 Å². The van der Waals surface area contributed by atoms with Gasteiger partial charge in [-0.25, -0.2) is 0 Å². The monoisotopic (exact) mass is 173 g/mol. The predicted octanol–water partition coefficient (Wildman–Crippen LogP) is 0.0715. The SMILES string of the molecule is C[C@@H](O)CN1CCC(CCO)C1.